The molecule has 0 unspecified atom stereocenters. The van der Waals surface area contributed by atoms with Crippen molar-refractivity contribution in [3.63, 3.8) is 0 Å². The summed E-state index contributed by atoms with van der Waals surface area (Å²) in [5.74, 6) is 0.723. The van der Waals surface area contributed by atoms with Gasteiger partial charge in [0, 0.05) is 30.1 Å². The lowest BCUT2D eigenvalue weighted by Crippen LogP contribution is -2.16. The average Bonchev–Trinajstić information content (AvgIpc) is 3.13. The Morgan fingerprint density at radius 2 is 1.89 bits per heavy atom. The van der Waals surface area contributed by atoms with Crippen LogP contribution in [-0.4, -0.2) is 17.0 Å². The van der Waals surface area contributed by atoms with Crippen molar-refractivity contribution in [2.24, 2.45) is 0 Å². The van der Waals surface area contributed by atoms with Crippen molar-refractivity contribution in [2.75, 3.05) is 7.05 Å². The molecule has 0 amide bonds. The summed E-state index contributed by atoms with van der Waals surface area (Å²) < 4.78 is 0. The molecule has 142 valence electrons. The van der Waals surface area contributed by atoms with E-state index >= 15 is 0 Å². The summed E-state index contributed by atoms with van der Waals surface area (Å²) in [5.41, 5.74) is 7.67. The Bertz CT molecular complexity index is 1050. The summed E-state index contributed by atoms with van der Waals surface area (Å²) in [7, 11) is 1.86. The molecule has 0 aliphatic heterocycles. The summed E-state index contributed by atoms with van der Waals surface area (Å²) in [6.07, 6.45) is 6.01. The molecule has 0 aliphatic rings. The second kappa shape index (κ2) is 8.44. The standard InChI is InChI=1S/C24H26N4/c1-6-10-19-16(2)11-9-12-20(19)18(4)26-23(15-25-5)17(3)24-27-21-13-7-8-14-22(21)28-24/h6-15,25-26H,3-4H2,1-2,5H3,(H,27,28)/b10-6-,23-15+. The Morgan fingerprint density at radius 1 is 1.11 bits per heavy atom. The molecule has 4 heteroatoms. The molecule has 0 saturated carbocycles. The molecule has 0 radical (unpaired) electrons. The van der Waals surface area contributed by atoms with Crippen LogP contribution in [0, 0.1) is 6.92 Å². The van der Waals surface area contributed by atoms with Crippen LogP contribution in [0.3, 0.4) is 0 Å². The van der Waals surface area contributed by atoms with Crippen LogP contribution in [0.4, 0.5) is 0 Å². The van der Waals surface area contributed by atoms with E-state index in [9.17, 15) is 0 Å². The van der Waals surface area contributed by atoms with Gasteiger partial charge in [0.1, 0.15) is 5.82 Å². The first-order valence-electron chi connectivity index (χ1n) is 9.25. The molecule has 1 aromatic heterocycles. The highest BCUT2D eigenvalue weighted by atomic mass is 15.0. The lowest BCUT2D eigenvalue weighted by molar-refractivity contribution is 1.03. The molecule has 4 nitrogen and oxygen atoms in total. The molecule has 3 aromatic rings. The molecule has 0 aliphatic carbocycles. The van der Waals surface area contributed by atoms with Crippen LogP contribution in [0.5, 0.6) is 0 Å². The summed E-state index contributed by atoms with van der Waals surface area (Å²) in [6.45, 7) is 12.6. The highest BCUT2D eigenvalue weighted by molar-refractivity contribution is 5.84. The third-order valence-corrected chi connectivity index (χ3v) is 4.56. The van der Waals surface area contributed by atoms with Gasteiger partial charge >= 0.3 is 0 Å². The summed E-state index contributed by atoms with van der Waals surface area (Å²) in [4.78, 5) is 7.98. The number of nitrogens with one attached hydrogen (secondary N) is 3. The predicted molar refractivity (Wildman–Crippen MR) is 120 cm³/mol. The maximum Gasteiger partial charge on any atom is 0.140 e. The minimum atomic E-state index is 0.723. The first kappa shape index (κ1) is 19.2. The third kappa shape index (κ3) is 3.91. The van der Waals surface area contributed by atoms with Gasteiger partial charge in [-0.25, -0.2) is 4.98 Å². The molecule has 0 fully saturated rings. The molecular weight excluding hydrogens is 344 g/mol. The first-order valence-corrected chi connectivity index (χ1v) is 9.25. The van der Waals surface area contributed by atoms with Crippen molar-refractivity contribution < 1.29 is 0 Å². The van der Waals surface area contributed by atoms with Gasteiger partial charge < -0.3 is 15.6 Å². The molecule has 0 saturated heterocycles. The van der Waals surface area contributed by atoms with Crippen LogP contribution in [0.1, 0.15) is 29.4 Å². The quantitative estimate of drug-likeness (QED) is 0.499. The van der Waals surface area contributed by atoms with Crippen LogP contribution in [0.2, 0.25) is 0 Å². The Hall–Kier alpha value is -3.53. The van der Waals surface area contributed by atoms with E-state index in [2.05, 4.69) is 58.9 Å². The summed E-state index contributed by atoms with van der Waals surface area (Å²) in [6, 6.07) is 14.1. The van der Waals surface area contributed by atoms with Crippen LogP contribution in [0.15, 0.2) is 73.6 Å². The Morgan fingerprint density at radius 3 is 2.61 bits per heavy atom. The van der Waals surface area contributed by atoms with Gasteiger partial charge in [-0.1, -0.05) is 55.6 Å². The molecule has 0 spiro atoms. The monoisotopic (exact) mass is 370 g/mol. The summed E-state index contributed by atoms with van der Waals surface area (Å²) in [5, 5.41) is 6.49. The number of para-hydroxylation sites is 2. The number of hydrogen-bond donors (Lipinski definition) is 3. The van der Waals surface area contributed by atoms with E-state index in [4.69, 9.17) is 0 Å². The van der Waals surface area contributed by atoms with Crippen molar-refractivity contribution in [2.45, 2.75) is 13.8 Å². The van der Waals surface area contributed by atoms with Crippen LogP contribution in [0.25, 0.3) is 28.4 Å². The molecule has 28 heavy (non-hydrogen) atoms. The molecule has 3 N–H and O–H groups in total. The van der Waals surface area contributed by atoms with Crippen LogP contribution >= 0.6 is 0 Å². The SMILES string of the molecule is C=C(/C(=C\NC)NC(=C)c1cccc(C)c1/C=C\C)c1nc2ccccc2[nH]1. The maximum absolute atomic E-state index is 4.65. The van der Waals surface area contributed by atoms with Gasteiger partial charge in [-0.2, -0.15) is 0 Å². The van der Waals surface area contributed by atoms with Crippen molar-refractivity contribution in [1.29, 1.82) is 0 Å². The number of H-pyrrole nitrogens is 1. The smallest absolute Gasteiger partial charge is 0.140 e. The van der Waals surface area contributed by atoms with Crippen molar-refractivity contribution in [1.82, 2.24) is 20.6 Å². The Kier molecular flexibility index (Phi) is 5.80. The van der Waals surface area contributed by atoms with E-state index in [0.717, 1.165) is 45.0 Å². The van der Waals surface area contributed by atoms with E-state index in [1.54, 1.807) is 0 Å². The lowest BCUT2D eigenvalue weighted by atomic mass is 9.99. The van der Waals surface area contributed by atoms with E-state index in [1.807, 2.05) is 56.6 Å². The molecule has 0 atom stereocenters. The minimum Gasteiger partial charge on any atom is -0.392 e. The molecular formula is C24H26N4. The van der Waals surface area contributed by atoms with Gasteiger partial charge in [-0.15, -0.1) is 0 Å². The fourth-order valence-electron chi connectivity index (χ4n) is 3.13. The Labute approximate surface area is 166 Å². The molecule has 0 bridgehead atoms. The second-order valence-corrected chi connectivity index (χ2v) is 6.57. The van der Waals surface area contributed by atoms with Gasteiger partial charge in [0.15, 0.2) is 0 Å². The van der Waals surface area contributed by atoms with Crippen molar-refractivity contribution in [3.8, 4) is 0 Å². The molecule has 1 heterocycles. The van der Waals surface area contributed by atoms with Gasteiger partial charge in [0.05, 0.1) is 16.7 Å². The number of aryl methyl sites for hydroxylation is 1. The fraction of sp³-hybridized carbons (Fsp3) is 0.125. The number of imidazole rings is 1. The van der Waals surface area contributed by atoms with Crippen molar-refractivity contribution in [3.05, 3.63) is 96.1 Å². The van der Waals surface area contributed by atoms with E-state index in [1.165, 1.54) is 5.56 Å². The molecule has 2 aromatic carbocycles. The second-order valence-electron chi connectivity index (χ2n) is 6.57. The predicted octanol–water partition coefficient (Wildman–Crippen LogP) is 5.24. The number of aromatic amines is 1. The highest BCUT2D eigenvalue weighted by Gasteiger charge is 2.13. The van der Waals surface area contributed by atoms with Gasteiger partial charge in [0.25, 0.3) is 0 Å². The van der Waals surface area contributed by atoms with E-state index in [-0.39, 0.29) is 0 Å². The number of benzene rings is 2. The Balaban J connectivity index is 1.91. The minimum absolute atomic E-state index is 0.723. The number of hydrogen-bond acceptors (Lipinski definition) is 3. The third-order valence-electron chi connectivity index (χ3n) is 4.56. The van der Waals surface area contributed by atoms with E-state index in [0.29, 0.717) is 0 Å². The van der Waals surface area contributed by atoms with Crippen molar-refractivity contribution >= 4 is 28.4 Å². The highest BCUT2D eigenvalue weighted by Crippen LogP contribution is 2.25. The van der Waals surface area contributed by atoms with Gasteiger partial charge in [-0.05, 0) is 37.1 Å². The largest absolute Gasteiger partial charge is 0.392 e. The van der Waals surface area contributed by atoms with Crippen LogP contribution < -0.4 is 10.6 Å². The van der Waals surface area contributed by atoms with Crippen LogP contribution in [-0.2, 0) is 0 Å². The zero-order chi connectivity index (χ0) is 20.1. The zero-order valence-corrected chi connectivity index (χ0v) is 16.6. The zero-order valence-electron chi connectivity index (χ0n) is 16.6. The lowest BCUT2D eigenvalue weighted by Gasteiger charge is -2.17. The number of fused-ring (bicyclic) bond motifs is 1. The van der Waals surface area contributed by atoms with E-state index < -0.39 is 0 Å². The topological polar surface area (TPSA) is 52.7 Å². The number of aromatic nitrogens is 2. The summed E-state index contributed by atoms with van der Waals surface area (Å²) >= 11 is 0. The van der Waals surface area contributed by atoms with Gasteiger partial charge in [-0.3, -0.25) is 0 Å². The number of allylic oxidation sites excluding steroid dienone is 2. The normalized spacial score (nSPS) is 11.8. The maximum atomic E-state index is 4.65. The first-order chi connectivity index (χ1) is 13.5. The average molecular weight is 371 g/mol. The van der Waals surface area contributed by atoms with Gasteiger partial charge in [0.2, 0.25) is 0 Å². The fourth-order valence-corrected chi connectivity index (χ4v) is 3.13. The number of rotatable bonds is 7. The number of nitrogens with zero attached hydrogens (tertiary/aromatic N) is 1. The molecule has 3 rings (SSSR count).